The Balaban J connectivity index is 1.77. The van der Waals surface area contributed by atoms with Gasteiger partial charge in [-0.05, 0) is 55.2 Å². The van der Waals surface area contributed by atoms with E-state index in [1.54, 1.807) is 24.3 Å². The third-order valence-electron chi connectivity index (χ3n) is 3.96. The number of benzene rings is 2. The summed E-state index contributed by atoms with van der Waals surface area (Å²) < 4.78 is 12.9. The van der Waals surface area contributed by atoms with Gasteiger partial charge >= 0.3 is 0 Å². The van der Waals surface area contributed by atoms with Crippen LogP contribution in [0.4, 0.5) is 4.39 Å². The van der Waals surface area contributed by atoms with Gasteiger partial charge in [0.1, 0.15) is 5.82 Å². The van der Waals surface area contributed by atoms with Crippen LogP contribution in [-0.2, 0) is 11.2 Å². The van der Waals surface area contributed by atoms with Gasteiger partial charge in [-0.2, -0.15) is 5.26 Å². The fraction of sp³-hybridized carbons (Fsp3) is 0.300. The Hall–Kier alpha value is -2.71. The van der Waals surface area contributed by atoms with Gasteiger partial charge in [-0.25, -0.2) is 4.39 Å². The number of nitrogens with one attached hydrogen (secondary N) is 1. The van der Waals surface area contributed by atoms with Crippen LogP contribution in [0.5, 0.6) is 0 Å². The van der Waals surface area contributed by atoms with E-state index < -0.39 is 6.10 Å². The number of carbonyl (C=O) groups excluding carboxylic acids is 1. The van der Waals surface area contributed by atoms with Crippen LogP contribution in [0.2, 0.25) is 0 Å². The molecule has 2 unspecified atom stereocenters. The summed E-state index contributed by atoms with van der Waals surface area (Å²) in [5.41, 5.74) is 2.21. The number of hydrogen-bond acceptors (Lipinski definition) is 3. The van der Waals surface area contributed by atoms with Gasteiger partial charge in [-0.1, -0.05) is 24.3 Å². The molecule has 0 aliphatic carbocycles. The van der Waals surface area contributed by atoms with E-state index in [9.17, 15) is 14.3 Å². The highest BCUT2D eigenvalue weighted by Crippen LogP contribution is 2.18. The molecular formula is C20H21FN2O2. The van der Waals surface area contributed by atoms with E-state index in [4.69, 9.17) is 5.26 Å². The first-order chi connectivity index (χ1) is 12.0. The topological polar surface area (TPSA) is 73.1 Å². The van der Waals surface area contributed by atoms with Crippen LogP contribution in [-0.4, -0.2) is 17.1 Å². The number of rotatable bonds is 7. The van der Waals surface area contributed by atoms with Crippen molar-refractivity contribution in [2.24, 2.45) is 0 Å². The Morgan fingerprint density at radius 3 is 2.44 bits per heavy atom. The fourth-order valence-electron chi connectivity index (χ4n) is 2.57. The van der Waals surface area contributed by atoms with Crippen molar-refractivity contribution in [3.8, 4) is 6.07 Å². The summed E-state index contributed by atoms with van der Waals surface area (Å²) in [6.45, 7) is 1.83. The van der Waals surface area contributed by atoms with E-state index in [2.05, 4.69) is 11.4 Å². The third-order valence-corrected chi connectivity index (χ3v) is 3.96. The zero-order valence-corrected chi connectivity index (χ0v) is 14.1. The summed E-state index contributed by atoms with van der Waals surface area (Å²) in [6.07, 6.45) is 0.525. The van der Waals surface area contributed by atoms with E-state index in [0.717, 1.165) is 5.56 Å². The van der Waals surface area contributed by atoms with Crippen molar-refractivity contribution in [2.75, 3.05) is 0 Å². The highest BCUT2D eigenvalue weighted by Gasteiger charge is 2.14. The number of carbonyl (C=O) groups is 1. The number of aryl methyl sites for hydroxylation is 1. The molecule has 0 heterocycles. The van der Waals surface area contributed by atoms with Gasteiger partial charge in [0, 0.05) is 12.5 Å². The van der Waals surface area contributed by atoms with Crippen molar-refractivity contribution in [3.05, 3.63) is 71.0 Å². The fourth-order valence-corrected chi connectivity index (χ4v) is 2.57. The number of nitriles is 1. The number of halogens is 1. The number of nitrogens with zero attached hydrogens (tertiary/aromatic N) is 1. The van der Waals surface area contributed by atoms with Crippen LogP contribution in [0, 0.1) is 17.1 Å². The molecule has 1 amide bonds. The lowest BCUT2D eigenvalue weighted by atomic mass is 10.0. The monoisotopic (exact) mass is 340 g/mol. The number of aliphatic hydroxyl groups is 1. The van der Waals surface area contributed by atoms with Crippen LogP contribution in [0.15, 0.2) is 48.5 Å². The maximum Gasteiger partial charge on any atom is 0.220 e. The molecule has 2 atom stereocenters. The number of amides is 1. The maximum atomic E-state index is 12.9. The van der Waals surface area contributed by atoms with Crippen LogP contribution >= 0.6 is 0 Å². The predicted molar refractivity (Wildman–Crippen MR) is 93.1 cm³/mol. The van der Waals surface area contributed by atoms with Crippen molar-refractivity contribution in [2.45, 2.75) is 38.3 Å². The molecule has 0 saturated carbocycles. The van der Waals surface area contributed by atoms with Crippen molar-refractivity contribution < 1.29 is 14.3 Å². The molecule has 0 saturated heterocycles. The second kappa shape index (κ2) is 8.95. The smallest absolute Gasteiger partial charge is 0.220 e. The summed E-state index contributed by atoms with van der Waals surface area (Å²) >= 11 is 0. The molecule has 130 valence electrons. The molecule has 0 fully saturated rings. The first kappa shape index (κ1) is 18.6. The van der Waals surface area contributed by atoms with Crippen molar-refractivity contribution in [1.82, 2.24) is 5.32 Å². The molecule has 2 aromatic rings. The van der Waals surface area contributed by atoms with E-state index in [1.165, 1.54) is 12.1 Å². The molecule has 0 bridgehead atoms. The molecule has 4 nitrogen and oxygen atoms in total. The maximum absolute atomic E-state index is 12.9. The normalized spacial score (nSPS) is 12.9. The zero-order valence-electron chi connectivity index (χ0n) is 14.1. The van der Waals surface area contributed by atoms with Crippen LogP contribution < -0.4 is 5.32 Å². The first-order valence-electron chi connectivity index (χ1n) is 8.20. The Kier molecular flexibility index (Phi) is 6.67. The lowest BCUT2D eigenvalue weighted by molar-refractivity contribution is -0.121. The van der Waals surface area contributed by atoms with E-state index in [1.807, 2.05) is 19.1 Å². The molecule has 2 N–H and O–H groups in total. The SMILES string of the molecule is CC(CC(O)c1ccc(F)cc1)NC(=O)CCc1ccc(C#N)cc1. The molecule has 2 rings (SSSR count). The summed E-state index contributed by atoms with van der Waals surface area (Å²) in [4.78, 5) is 12.0. The highest BCUT2D eigenvalue weighted by molar-refractivity contribution is 5.76. The lowest BCUT2D eigenvalue weighted by Crippen LogP contribution is -2.33. The largest absolute Gasteiger partial charge is 0.388 e. The minimum atomic E-state index is -0.755. The van der Waals surface area contributed by atoms with Crippen LogP contribution in [0.25, 0.3) is 0 Å². The van der Waals surface area contributed by atoms with Crippen molar-refractivity contribution in [3.63, 3.8) is 0 Å². The molecule has 5 heteroatoms. The predicted octanol–water partition coefficient (Wildman–Crippen LogP) is 3.26. The van der Waals surface area contributed by atoms with Crippen LogP contribution in [0.3, 0.4) is 0 Å². The molecule has 2 aromatic carbocycles. The van der Waals surface area contributed by atoms with E-state index in [-0.39, 0.29) is 17.8 Å². The Labute approximate surface area is 146 Å². The summed E-state index contributed by atoms with van der Waals surface area (Å²) in [7, 11) is 0. The first-order valence-corrected chi connectivity index (χ1v) is 8.20. The Morgan fingerprint density at radius 2 is 1.84 bits per heavy atom. The molecular weight excluding hydrogens is 319 g/mol. The molecule has 25 heavy (non-hydrogen) atoms. The van der Waals surface area contributed by atoms with Gasteiger partial charge in [-0.15, -0.1) is 0 Å². The average Bonchev–Trinajstić information content (AvgIpc) is 2.60. The highest BCUT2D eigenvalue weighted by atomic mass is 19.1. The van der Waals surface area contributed by atoms with E-state index in [0.29, 0.717) is 30.4 Å². The molecule has 0 aliphatic heterocycles. The van der Waals surface area contributed by atoms with E-state index >= 15 is 0 Å². The second-order valence-electron chi connectivity index (χ2n) is 6.08. The van der Waals surface area contributed by atoms with Gasteiger partial charge in [-0.3, -0.25) is 4.79 Å². The van der Waals surface area contributed by atoms with Gasteiger partial charge in [0.25, 0.3) is 0 Å². The molecule has 0 aliphatic rings. The zero-order chi connectivity index (χ0) is 18.2. The van der Waals surface area contributed by atoms with Gasteiger partial charge in [0.15, 0.2) is 0 Å². The average molecular weight is 340 g/mol. The molecule has 0 radical (unpaired) electrons. The van der Waals surface area contributed by atoms with Crippen LogP contribution in [0.1, 0.15) is 42.6 Å². The number of aliphatic hydroxyl groups excluding tert-OH is 1. The standard InChI is InChI=1S/C20H21FN2O2/c1-14(12-19(24)17-7-9-18(21)10-8-17)23-20(25)11-6-15-2-4-16(13-22)5-3-15/h2-5,7-10,14,19,24H,6,11-12H2,1H3,(H,23,25). The minimum absolute atomic E-state index is 0.0943. The summed E-state index contributed by atoms with van der Waals surface area (Å²) in [5.74, 6) is -0.441. The minimum Gasteiger partial charge on any atom is -0.388 e. The van der Waals surface area contributed by atoms with Gasteiger partial charge in [0.2, 0.25) is 5.91 Å². The van der Waals surface area contributed by atoms with Crippen molar-refractivity contribution >= 4 is 5.91 Å². The lowest BCUT2D eigenvalue weighted by Gasteiger charge is -2.18. The Bertz CT molecular complexity index is 736. The molecule has 0 aromatic heterocycles. The number of hydrogen-bond donors (Lipinski definition) is 2. The third kappa shape index (κ3) is 6.02. The van der Waals surface area contributed by atoms with Gasteiger partial charge < -0.3 is 10.4 Å². The van der Waals surface area contributed by atoms with Gasteiger partial charge in [0.05, 0.1) is 17.7 Å². The van der Waals surface area contributed by atoms with Crippen molar-refractivity contribution in [1.29, 1.82) is 5.26 Å². The Morgan fingerprint density at radius 1 is 1.20 bits per heavy atom. The summed E-state index contributed by atoms with van der Waals surface area (Å²) in [6, 6.07) is 14.7. The molecule has 0 spiro atoms. The summed E-state index contributed by atoms with van der Waals surface area (Å²) in [5, 5.41) is 21.8. The quantitative estimate of drug-likeness (QED) is 0.812. The second-order valence-corrected chi connectivity index (χ2v) is 6.08.